The Bertz CT molecular complexity index is 926. The van der Waals surface area contributed by atoms with Gasteiger partial charge in [-0.3, -0.25) is 4.79 Å². The molecule has 144 valence electrons. The molecule has 1 aliphatic rings. The summed E-state index contributed by atoms with van der Waals surface area (Å²) in [4.78, 5) is 13.0. The van der Waals surface area contributed by atoms with Crippen LogP contribution < -0.4 is 5.32 Å². The van der Waals surface area contributed by atoms with E-state index in [4.69, 9.17) is 0 Å². The third-order valence-corrected chi connectivity index (χ3v) is 6.49. The van der Waals surface area contributed by atoms with Gasteiger partial charge in [0, 0.05) is 7.05 Å². The minimum atomic E-state index is -3.53. The van der Waals surface area contributed by atoms with Crippen molar-refractivity contribution in [3.05, 3.63) is 70.8 Å². The molecular formula is C21H26N2O3S. The summed E-state index contributed by atoms with van der Waals surface area (Å²) in [6, 6.07) is 14.2. The van der Waals surface area contributed by atoms with E-state index >= 15 is 0 Å². The van der Waals surface area contributed by atoms with Gasteiger partial charge in [-0.15, -0.1) is 0 Å². The van der Waals surface area contributed by atoms with Crippen molar-refractivity contribution in [2.45, 2.75) is 38.3 Å². The number of benzene rings is 2. The minimum Gasteiger partial charge on any atom is -0.348 e. The lowest BCUT2D eigenvalue weighted by molar-refractivity contribution is -0.125. The zero-order valence-corrected chi connectivity index (χ0v) is 16.8. The van der Waals surface area contributed by atoms with Crippen LogP contribution in [0.4, 0.5) is 0 Å². The molecule has 0 fully saturated rings. The Kier molecular flexibility index (Phi) is 5.67. The first-order valence-electron chi connectivity index (χ1n) is 9.17. The van der Waals surface area contributed by atoms with E-state index in [1.165, 1.54) is 24.6 Å². The Hall–Kier alpha value is -2.18. The molecule has 0 radical (unpaired) electrons. The summed E-state index contributed by atoms with van der Waals surface area (Å²) < 4.78 is 25.3. The first kappa shape index (κ1) is 19.6. The van der Waals surface area contributed by atoms with E-state index in [1.54, 1.807) is 24.3 Å². The van der Waals surface area contributed by atoms with Gasteiger partial charge in [-0.05, 0) is 48.4 Å². The first-order valence-corrected chi connectivity index (χ1v) is 11.0. The zero-order valence-electron chi connectivity index (χ0n) is 16.0. The third-order valence-electron chi connectivity index (χ3n) is 5.23. The SMILES string of the molecule is CC(NC(=O)C(c1ccccc1)N(C)S(C)(=O)=O)c1ccc2c(c1)CCC2. The monoisotopic (exact) mass is 386 g/mol. The maximum atomic E-state index is 13.0. The standard InChI is InChI=1S/C21H26N2O3S/c1-15(18-13-12-16-10-7-11-19(16)14-18)22-21(24)20(23(2)27(3,25)26)17-8-5-4-6-9-17/h4-6,8-9,12-15,20H,7,10-11H2,1-3H3,(H,22,24). The van der Waals surface area contributed by atoms with Gasteiger partial charge in [0.25, 0.3) is 0 Å². The fourth-order valence-corrected chi connectivity index (χ4v) is 4.19. The summed E-state index contributed by atoms with van der Waals surface area (Å²) in [7, 11) is -2.09. The number of carbonyl (C=O) groups is 1. The predicted octanol–water partition coefficient (Wildman–Crippen LogP) is 2.99. The average molecular weight is 387 g/mol. The molecule has 2 unspecified atom stereocenters. The van der Waals surface area contributed by atoms with Crippen LogP contribution >= 0.6 is 0 Å². The molecular weight excluding hydrogens is 360 g/mol. The quantitative estimate of drug-likeness (QED) is 0.830. The molecule has 0 bridgehead atoms. The molecule has 1 aliphatic carbocycles. The van der Waals surface area contributed by atoms with Crippen LogP contribution in [0, 0.1) is 0 Å². The lowest BCUT2D eigenvalue weighted by Gasteiger charge is -2.27. The normalized spacial score (nSPS) is 16.0. The molecule has 3 rings (SSSR count). The molecule has 0 spiro atoms. The van der Waals surface area contributed by atoms with Gasteiger partial charge in [0.2, 0.25) is 15.9 Å². The molecule has 1 amide bonds. The van der Waals surface area contributed by atoms with Gasteiger partial charge >= 0.3 is 0 Å². The summed E-state index contributed by atoms with van der Waals surface area (Å²) in [5.41, 5.74) is 4.42. The van der Waals surface area contributed by atoms with E-state index in [-0.39, 0.29) is 11.9 Å². The van der Waals surface area contributed by atoms with Gasteiger partial charge in [0.05, 0.1) is 12.3 Å². The second kappa shape index (κ2) is 7.82. The van der Waals surface area contributed by atoms with E-state index in [0.717, 1.165) is 29.0 Å². The zero-order chi connectivity index (χ0) is 19.6. The van der Waals surface area contributed by atoms with Gasteiger partial charge in [-0.25, -0.2) is 8.42 Å². The van der Waals surface area contributed by atoms with Gasteiger partial charge in [0.15, 0.2) is 0 Å². The molecule has 6 heteroatoms. The molecule has 27 heavy (non-hydrogen) atoms. The van der Waals surface area contributed by atoms with Crippen LogP contribution in [0.15, 0.2) is 48.5 Å². The summed E-state index contributed by atoms with van der Waals surface area (Å²) in [6.45, 7) is 1.93. The highest BCUT2D eigenvalue weighted by atomic mass is 32.2. The number of likely N-dealkylation sites (N-methyl/N-ethyl adjacent to an activating group) is 1. The largest absolute Gasteiger partial charge is 0.348 e. The number of fused-ring (bicyclic) bond motifs is 1. The van der Waals surface area contributed by atoms with Crippen LogP contribution in [0.2, 0.25) is 0 Å². The molecule has 0 aliphatic heterocycles. The third kappa shape index (κ3) is 4.39. The van der Waals surface area contributed by atoms with Gasteiger partial charge in [-0.1, -0.05) is 48.5 Å². The Labute approximate surface area is 161 Å². The predicted molar refractivity (Wildman–Crippen MR) is 107 cm³/mol. The highest BCUT2D eigenvalue weighted by molar-refractivity contribution is 7.88. The molecule has 0 saturated carbocycles. The maximum absolute atomic E-state index is 13.0. The van der Waals surface area contributed by atoms with Gasteiger partial charge in [-0.2, -0.15) is 4.31 Å². The number of hydrogen-bond donors (Lipinski definition) is 1. The minimum absolute atomic E-state index is 0.206. The summed E-state index contributed by atoms with van der Waals surface area (Å²) in [6.07, 6.45) is 4.48. The molecule has 2 aromatic carbocycles. The van der Waals surface area contributed by atoms with Crippen LogP contribution in [0.1, 0.15) is 47.7 Å². The van der Waals surface area contributed by atoms with Crippen molar-refractivity contribution in [3.8, 4) is 0 Å². The number of sulfonamides is 1. The van der Waals surface area contributed by atoms with Crippen molar-refractivity contribution in [3.63, 3.8) is 0 Å². The van der Waals surface area contributed by atoms with Gasteiger partial charge in [0.1, 0.15) is 6.04 Å². The second-order valence-corrected chi connectivity index (χ2v) is 9.25. The topological polar surface area (TPSA) is 66.5 Å². The van der Waals surface area contributed by atoms with E-state index in [1.807, 2.05) is 19.1 Å². The second-order valence-electron chi connectivity index (χ2n) is 7.20. The molecule has 0 heterocycles. The lowest BCUT2D eigenvalue weighted by Crippen LogP contribution is -2.42. The molecule has 0 aromatic heterocycles. The van der Waals surface area contributed by atoms with Crippen molar-refractivity contribution in [1.29, 1.82) is 0 Å². The molecule has 2 atom stereocenters. The van der Waals surface area contributed by atoms with E-state index in [0.29, 0.717) is 5.56 Å². The average Bonchev–Trinajstić information content (AvgIpc) is 3.09. The van der Waals surface area contributed by atoms with Crippen LogP contribution in [-0.2, 0) is 27.7 Å². The first-order chi connectivity index (χ1) is 12.8. The Morgan fingerprint density at radius 3 is 2.37 bits per heavy atom. The maximum Gasteiger partial charge on any atom is 0.243 e. The van der Waals surface area contributed by atoms with Crippen molar-refractivity contribution in [1.82, 2.24) is 9.62 Å². The number of carbonyl (C=O) groups excluding carboxylic acids is 1. The van der Waals surface area contributed by atoms with E-state index in [9.17, 15) is 13.2 Å². The van der Waals surface area contributed by atoms with Crippen molar-refractivity contribution in [2.75, 3.05) is 13.3 Å². The highest BCUT2D eigenvalue weighted by Crippen LogP contribution is 2.27. The number of hydrogen-bond acceptors (Lipinski definition) is 3. The van der Waals surface area contributed by atoms with E-state index < -0.39 is 16.1 Å². The van der Waals surface area contributed by atoms with E-state index in [2.05, 4.69) is 17.4 Å². The van der Waals surface area contributed by atoms with Crippen molar-refractivity contribution in [2.24, 2.45) is 0 Å². The smallest absolute Gasteiger partial charge is 0.243 e. The number of nitrogens with one attached hydrogen (secondary N) is 1. The molecule has 2 aromatic rings. The number of amides is 1. The highest BCUT2D eigenvalue weighted by Gasteiger charge is 2.31. The molecule has 5 nitrogen and oxygen atoms in total. The van der Waals surface area contributed by atoms with Crippen molar-refractivity contribution < 1.29 is 13.2 Å². The van der Waals surface area contributed by atoms with Crippen LogP contribution in [0.25, 0.3) is 0 Å². The van der Waals surface area contributed by atoms with Crippen molar-refractivity contribution >= 4 is 15.9 Å². The fourth-order valence-electron chi connectivity index (χ4n) is 3.59. The summed E-state index contributed by atoms with van der Waals surface area (Å²) >= 11 is 0. The number of nitrogens with zero attached hydrogens (tertiary/aromatic N) is 1. The lowest BCUT2D eigenvalue weighted by atomic mass is 10.0. The molecule has 0 saturated heterocycles. The van der Waals surface area contributed by atoms with Crippen LogP contribution in [-0.4, -0.2) is 31.9 Å². The van der Waals surface area contributed by atoms with Crippen LogP contribution in [0.3, 0.4) is 0 Å². The molecule has 1 N–H and O–H groups in total. The Morgan fingerprint density at radius 2 is 1.70 bits per heavy atom. The Balaban J connectivity index is 1.84. The Morgan fingerprint density at radius 1 is 1.04 bits per heavy atom. The van der Waals surface area contributed by atoms with Gasteiger partial charge < -0.3 is 5.32 Å². The summed E-state index contributed by atoms with van der Waals surface area (Å²) in [5, 5.41) is 2.99. The fraction of sp³-hybridized carbons (Fsp3) is 0.381. The van der Waals surface area contributed by atoms with Crippen LogP contribution in [0.5, 0.6) is 0 Å². The number of aryl methyl sites for hydroxylation is 2. The number of rotatable bonds is 6. The summed E-state index contributed by atoms with van der Waals surface area (Å²) in [5.74, 6) is -0.331.